The van der Waals surface area contributed by atoms with Gasteiger partial charge in [-0.15, -0.1) is 0 Å². The maximum atomic E-state index is 9.80. The van der Waals surface area contributed by atoms with Crippen molar-refractivity contribution in [3.8, 4) is 5.75 Å². The van der Waals surface area contributed by atoms with E-state index in [1.807, 2.05) is 12.1 Å². The van der Waals surface area contributed by atoms with E-state index in [2.05, 4.69) is 45.1 Å². The monoisotopic (exact) mass is 291 g/mol. The summed E-state index contributed by atoms with van der Waals surface area (Å²) >= 11 is 0. The molecule has 2 rings (SSSR count). The Morgan fingerprint density at radius 3 is 2.24 bits per heavy atom. The molecule has 118 valence electrons. The van der Waals surface area contributed by atoms with Crippen LogP contribution in [0.15, 0.2) is 24.3 Å². The highest BCUT2D eigenvalue weighted by molar-refractivity contribution is 5.31. The van der Waals surface area contributed by atoms with Crippen molar-refractivity contribution in [1.29, 1.82) is 0 Å². The highest BCUT2D eigenvalue weighted by Crippen LogP contribution is 2.40. The number of ether oxygens (including phenoxy) is 1. The van der Waals surface area contributed by atoms with Crippen LogP contribution in [0.1, 0.15) is 46.1 Å². The smallest absolute Gasteiger partial charge is 0.119 e. The molecule has 1 aliphatic rings. The first-order chi connectivity index (χ1) is 9.91. The number of benzene rings is 1. The van der Waals surface area contributed by atoms with Crippen molar-refractivity contribution in [1.82, 2.24) is 5.32 Å². The zero-order chi connectivity index (χ0) is 15.5. The zero-order valence-corrected chi connectivity index (χ0v) is 13.8. The number of likely N-dealkylation sites (N-methyl/N-ethyl adjacent to an activating group) is 1. The molecule has 0 aliphatic heterocycles. The molecule has 0 spiro atoms. The van der Waals surface area contributed by atoms with Gasteiger partial charge in [0.25, 0.3) is 0 Å². The number of aliphatic hydroxyl groups is 1. The molecule has 2 N–H and O–H groups in total. The van der Waals surface area contributed by atoms with Crippen molar-refractivity contribution < 1.29 is 9.84 Å². The van der Waals surface area contributed by atoms with Gasteiger partial charge in [0.05, 0.1) is 12.1 Å². The second-order valence-corrected chi connectivity index (χ2v) is 7.18. The Labute approximate surface area is 128 Å². The molecule has 3 nitrogen and oxygen atoms in total. The summed E-state index contributed by atoms with van der Waals surface area (Å²) in [5, 5.41) is 13.2. The lowest BCUT2D eigenvalue weighted by Gasteiger charge is -2.33. The molecule has 0 bridgehead atoms. The second kappa shape index (κ2) is 6.37. The Kier molecular flexibility index (Phi) is 4.95. The van der Waals surface area contributed by atoms with Crippen LogP contribution in [0.5, 0.6) is 5.75 Å². The van der Waals surface area contributed by atoms with Crippen LogP contribution in [-0.2, 0) is 5.41 Å². The van der Waals surface area contributed by atoms with Crippen LogP contribution >= 0.6 is 0 Å². The van der Waals surface area contributed by atoms with Crippen LogP contribution in [0.3, 0.4) is 0 Å². The SMILES string of the molecule is CCNC(CO)(COc1ccc(C(C)(C)C)cc1)C1CC1. The van der Waals surface area contributed by atoms with Crippen molar-refractivity contribution in [3.05, 3.63) is 29.8 Å². The van der Waals surface area contributed by atoms with Gasteiger partial charge >= 0.3 is 0 Å². The first-order valence-electron chi connectivity index (χ1n) is 8.00. The van der Waals surface area contributed by atoms with E-state index in [0.29, 0.717) is 12.5 Å². The molecule has 3 heteroatoms. The molecule has 1 atom stereocenters. The lowest BCUT2D eigenvalue weighted by atomic mass is 9.87. The first-order valence-corrected chi connectivity index (χ1v) is 8.00. The first kappa shape index (κ1) is 16.3. The van der Waals surface area contributed by atoms with Crippen molar-refractivity contribution in [2.75, 3.05) is 19.8 Å². The van der Waals surface area contributed by atoms with Gasteiger partial charge in [-0.25, -0.2) is 0 Å². The zero-order valence-electron chi connectivity index (χ0n) is 13.8. The maximum Gasteiger partial charge on any atom is 0.119 e. The normalized spacial score (nSPS) is 18.3. The van der Waals surface area contributed by atoms with Crippen LogP contribution in [0.2, 0.25) is 0 Å². The van der Waals surface area contributed by atoms with E-state index in [1.54, 1.807) is 0 Å². The summed E-state index contributed by atoms with van der Waals surface area (Å²) < 4.78 is 5.96. The van der Waals surface area contributed by atoms with Crippen molar-refractivity contribution in [2.24, 2.45) is 5.92 Å². The molecular weight excluding hydrogens is 262 g/mol. The van der Waals surface area contributed by atoms with Crippen molar-refractivity contribution in [2.45, 2.75) is 51.5 Å². The molecule has 0 saturated heterocycles. The minimum atomic E-state index is -0.280. The van der Waals surface area contributed by atoms with Gasteiger partial charge in [-0.05, 0) is 48.4 Å². The van der Waals surface area contributed by atoms with Gasteiger partial charge in [0, 0.05) is 0 Å². The lowest BCUT2D eigenvalue weighted by molar-refractivity contribution is 0.0864. The fourth-order valence-electron chi connectivity index (χ4n) is 2.80. The molecule has 0 amide bonds. The van der Waals surface area contributed by atoms with Gasteiger partial charge in [-0.1, -0.05) is 39.8 Å². The average molecular weight is 291 g/mol. The topological polar surface area (TPSA) is 41.5 Å². The van der Waals surface area contributed by atoms with Crippen molar-refractivity contribution >= 4 is 0 Å². The van der Waals surface area contributed by atoms with Gasteiger partial charge in [0.15, 0.2) is 0 Å². The van der Waals surface area contributed by atoms with E-state index < -0.39 is 0 Å². The van der Waals surface area contributed by atoms with Gasteiger partial charge in [0.2, 0.25) is 0 Å². The molecule has 1 saturated carbocycles. The molecule has 1 aromatic carbocycles. The Morgan fingerprint density at radius 2 is 1.81 bits per heavy atom. The fourth-order valence-corrected chi connectivity index (χ4v) is 2.80. The Morgan fingerprint density at radius 1 is 1.19 bits per heavy atom. The van der Waals surface area contributed by atoms with Crippen LogP contribution in [0, 0.1) is 5.92 Å². The molecule has 21 heavy (non-hydrogen) atoms. The molecule has 1 fully saturated rings. The summed E-state index contributed by atoms with van der Waals surface area (Å²) in [4.78, 5) is 0. The lowest BCUT2D eigenvalue weighted by Crippen LogP contribution is -2.55. The predicted octanol–water partition coefficient (Wildman–Crippen LogP) is 3.11. The van der Waals surface area contributed by atoms with E-state index in [1.165, 1.54) is 18.4 Å². The van der Waals surface area contributed by atoms with Gasteiger partial charge < -0.3 is 15.2 Å². The quantitative estimate of drug-likeness (QED) is 0.811. The Bertz CT molecular complexity index is 445. The number of hydrogen-bond donors (Lipinski definition) is 2. The van der Waals surface area contributed by atoms with E-state index in [0.717, 1.165) is 12.3 Å². The number of nitrogens with one attached hydrogen (secondary N) is 1. The van der Waals surface area contributed by atoms with Crippen LogP contribution in [-0.4, -0.2) is 30.4 Å². The van der Waals surface area contributed by atoms with E-state index in [4.69, 9.17) is 4.74 Å². The van der Waals surface area contributed by atoms with Gasteiger partial charge in [-0.3, -0.25) is 0 Å². The summed E-state index contributed by atoms with van der Waals surface area (Å²) in [6.45, 7) is 10.2. The van der Waals surface area contributed by atoms with E-state index in [9.17, 15) is 5.11 Å². The molecular formula is C18H29NO2. The van der Waals surface area contributed by atoms with E-state index in [-0.39, 0.29) is 17.6 Å². The summed E-state index contributed by atoms with van der Waals surface area (Å²) in [6, 6.07) is 8.31. The third kappa shape index (κ3) is 3.98. The third-order valence-corrected chi connectivity index (χ3v) is 4.39. The summed E-state index contributed by atoms with van der Waals surface area (Å²) in [7, 11) is 0. The largest absolute Gasteiger partial charge is 0.492 e. The van der Waals surface area contributed by atoms with Crippen LogP contribution in [0.4, 0.5) is 0 Å². The molecule has 1 aromatic rings. The number of rotatable bonds is 7. The van der Waals surface area contributed by atoms with Crippen LogP contribution in [0.25, 0.3) is 0 Å². The average Bonchev–Trinajstić information content (AvgIpc) is 3.28. The van der Waals surface area contributed by atoms with Crippen molar-refractivity contribution in [3.63, 3.8) is 0 Å². The maximum absolute atomic E-state index is 9.80. The predicted molar refractivity (Wildman–Crippen MR) is 86.9 cm³/mol. The minimum absolute atomic E-state index is 0.131. The molecule has 1 aliphatic carbocycles. The summed E-state index contributed by atoms with van der Waals surface area (Å²) in [6.07, 6.45) is 2.36. The molecule has 1 unspecified atom stereocenters. The Balaban J connectivity index is 2.00. The third-order valence-electron chi connectivity index (χ3n) is 4.39. The van der Waals surface area contributed by atoms with Gasteiger partial charge in [0.1, 0.15) is 12.4 Å². The minimum Gasteiger partial charge on any atom is -0.492 e. The van der Waals surface area contributed by atoms with Crippen LogP contribution < -0.4 is 10.1 Å². The highest BCUT2D eigenvalue weighted by atomic mass is 16.5. The summed E-state index contributed by atoms with van der Waals surface area (Å²) in [5.41, 5.74) is 1.18. The summed E-state index contributed by atoms with van der Waals surface area (Å²) in [5.74, 6) is 1.41. The molecule has 0 radical (unpaired) electrons. The Hall–Kier alpha value is -1.06. The molecule has 0 heterocycles. The standard InChI is InChI=1S/C18H29NO2/c1-5-19-18(12-20,15-6-7-15)13-21-16-10-8-14(9-11-16)17(2,3)4/h8-11,15,19-20H,5-7,12-13H2,1-4H3. The number of aliphatic hydroxyl groups excluding tert-OH is 1. The second-order valence-electron chi connectivity index (χ2n) is 7.18. The van der Waals surface area contributed by atoms with Gasteiger partial charge in [-0.2, -0.15) is 0 Å². The van der Waals surface area contributed by atoms with E-state index >= 15 is 0 Å². The molecule has 0 aromatic heterocycles. The number of hydrogen-bond acceptors (Lipinski definition) is 3. The highest BCUT2D eigenvalue weighted by Gasteiger charge is 2.45. The fraction of sp³-hybridized carbons (Fsp3) is 0.667.